The first kappa shape index (κ1) is 17.3. The molecule has 0 bridgehead atoms. The van der Waals surface area contributed by atoms with E-state index >= 15 is 0 Å². The summed E-state index contributed by atoms with van der Waals surface area (Å²) in [6.45, 7) is 6.05. The van der Waals surface area contributed by atoms with Gasteiger partial charge >= 0.3 is 6.03 Å². The molecule has 7 heteroatoms. The van der Waals surface area contributed by atoms with Crippen LogP contribution in [0.1, 0.15) is 29.0 Å². The van der Waals surface area contributed by atoms with Crippen LogP contribution >= 0.6 is 0 Å². The maximum absolute atomic E-state index is 12.8. The Labute approximate surface area is 158 Å². The SMILES string of the molecule is Cc1cc(C)n(C2CN(C(=O)N[C@H](Cn3ccnc3)c3ccccc3)C2)n1. The summed E-state index contributed by atoms with van der Waals surface area (Å²) in [4.78, 5) is 18.7. The molecule has 0 spiro atoms. The molecule has 140 valence electrons. The second-order valence-corrected chi connectivity index (χ2v) is 7.10. The average molecular weight is 364 g/mol. The summed E-state index contributed by atoms with van der Waals surface area (Å²) in [6, 6.07) is 12.2. The molecular weight excluding hydrogens is 340 g/mol. The van der Waals surface area contributed by atoms with Crippen LogP contribution in [0.5, 0.6) is 0 Å². The standard InChI is InChI=1S/C20H24N6O/c1-15-10-16(2)26(23-15)18-11-25(12-18)20(27)22-19(13-24-9-8-21-14-24)17-6-4-3-5-7-17/h3-10,14,18-19H,11-13H2,1-2H3,(H,22,27)/t19-/m1/s1. The highest BCUT2D eigenvalue weighted by Crippen LogP contribution is 2.24. The summed E-state index contributed by atoms with van der Waals surface area (Å²) in [5.41, 5.74) is 3.23. The molecule has 3 aromatic rings. The van der Waals surface area contributed by atoms with Gasteiger partial charge in [-0.2, -0.15) is 5.10 Å². The topological polar surface area (TPSA) is 68.0 Å². The summed E-state index contributed by atoms with van der Waals surface area (Å²) in [5.74, 6) is 0. The third kappa shape index (κ3) is 3.72. The molecule has 1 aliphatic rings. The Balaban J connectivity index is 1.41. The van der Waals surface area contributed by atoms with Crippen molar-refractivity contribution in [2.75, 3.05) is 13.1 Å². The monoisotopic (exact) mass is 364 g/mol. The first-order valence-corrected chi connectivity index (χ1v) is 9.19. The smallest absolute Gasteiger partial charge is 0.318 e. The van der Waals surface area contributed by atoms with Crippen molar-refractivity contribution in [1.29, 1.82) is 0 Å². The zero-order valence-electron chi connectivity index (χ0n) is 15.6. The third-order valence-corrected chi connectivity index (χ3v) is 4.99. The van der Waals surface area contributed by atoms with Gasteiger partial charge in [0, 0.05) is 37.7 Å². The Kier molecular flexibility index (Phi) is 4.66. The molecule has 2 aromatic heterocycles. The molecule has 1 atom stereocenters. The van der Waals surface area contributed by atoms with E-state index in [1.54, 1.807) is 12.5 Å². The van der Waals surface area contributed by atoms with Crippen LogP contribution in [0.15, 0.2) is 55.1 Å². The zero-order chi connectivity index (χ0) is 18.8. The molecule has 1 aromatic carbocycles. The van der Waals surface area contributed by atoms with Gasteiger partial charge in [0.2, 0.25) is 0 Å². The number of amides is 2. The number of nitrogens with zero attached hydrogens (tertiary/aromatic N) is 5. The van der Waals surface area contributed by atoms with Crippen molar-refractivity contribution in [1.82, 2.24) is 29.5 Å². The number of urea groups is 1. The number of benzene rings is 1. The highest BCUT2D eigenvalue weighted by Gasteiger charge is 2.34. The van der Waals surface area contributed by atoms with E-state index in [0.717, 1.165) is 17.0 Å². The van der Waals surface area contributed by atoms with Crippen molar-refractivity contribution in [2.45, 2.75) is 32.5 Å². The zero-order valence-corrected chi connectivity index (χ0v) is 15.6. The van der Waals surface area contributed by atoms with E-state index in [4.69, 9.17) is 0 Å². The predicted octanol–water partition coefficient (Wildman–Crippen LogP) is 2.70. The summed E-state index contributed by atoms with van der Waals surface area (Å²) in [6.07, 6.45) is 5.42. The largest absolute Gasteiger partial charge is 0.335 e. The molecule has 1 fully saturated rings. The van der Waals surface area contributed by atoms with Crippen LogP contribution in [-0.2, 0) is 6.54 Å². The fraction of sp³-hybridized carbons (Fsp3) is 0.350. The Morgan fingerprint density at radius 2 is 2.04 bits per heavy atom. The molecule has 0 unspecified atom stereocenters. The van der Waals surface area contributed by atoms with E-state index in [-0.39, 0.29) is 18.1 Å². The van der Waals surface area contributed by atoms with Gasteiger partial charge in [-0.1, -0.05) is 30.3 Å². The van der Waals surface area contributed by atoms with Gasteiger partial charge in [0.05, 0.1) is 24.1 Å². The van der Waals surface area contributed by atoms with Crippen LogP contribution in [0.2, 0.25) is 0 Å². The second-order valence-electron chi connectivity index (χ2n) is 7.10. The number of nitrogens with one attached hydrogen (secondary N) is 1. The minimum absolute atomic E-state index is 0.0400. The number of carbonyl (C=O) groups excluding carboxylic acids is 1. The van der Waals surface area contributed by atoms with Crippen LogP contribution in [0.25, 0.3) is 0 Å². The van der Waals surface area contributed by atoms with E-state index in [1.165, 1.54) is 0 Å². The second kappa shape index (κ2) is 7.26. The molecule has 0 saturated carbocycles. The maximum atomic E-state index is 12.8. The molecule has 1 aliphatic heterocycles. The van der Waals surface area contributed by atoms with Crippen molar-refractivity contribution < 1.29 is 4.79 Å². The van der Waals surface area contributed by atoms with Crippen LogP contribution in [0, 0.1) is 13.8 Å². The molecule has 0 radical (unpaired) electrons. The van der Waals surface area contributed by atoms with Gasteiger partial charge in [-0.3, -0.25) is 4.68 Å². The fourth-order valence-electron chi connectivity index (χ4n) is 3.56. The van der Waals surface area contributed by atoms with E-state index in [2.05, 4.69) is 28.4 Å². The number of aryl methyl sites for hydroxylation is 2. The average Bonchev–Trinajstić information content (AvgIpc) is 3.23. The first-order chi connectivity index (χ1) is 13.1. The van der Waals surface area contributed by atoms with Gasteiger partial charge in [0.15, 0.2) is 0 Å². The lowest BCUT2D eigenvalue weighted by molar-refractivity contribution is 0.114. The number of rotatable bonds is 5. The Bertz CT molecular complexity index is 896. The molecule has 27 heavy (non-hydrogen) atoms. The van der Waals surface area contributed by atoms with Crippen LogP contribution in [-0.4, -0.2) is 43.4 Å². The van der Waals surface area contributed by atoms with Crippen LogP contribution in [0.3, 0.4) is 0 Å². The van der Waals surface area contributed by atoms with Gasteiger partial charge < -0.3 is 14.8 Å². The Morgan fingerprint density at radius 1 is 1.26 bits per heavy atom. The lowest BCUT2D eigenvalue weighted by Gasteiger charge is -2.40. The number of aromatic nitrogens is 4. The summed E-state index contributed by atoms with van der Waals surface area (Å²) in [5, 5.41) is 7.71. The molecule has 3 heterocycles. The Hall–Kier alpha value is -3.09. The fourth-order valence-corrected chi connectivity index (χ4v) is 3.56. The molecule has 2 amide bonds. The molecule has 1 N–H and O–H groups in total. The van der Waals surface area contributed by atoms with Gasteiger partial charge in [0.25, 0.3) is 0 Å². The van der Waals surface area contributed by atoms with Crippen molar-refractivity contribution in [3.8, 4) is 0 Å². The number of likely N-dealkylation sites (tertiary alicyclic amines) is 1. The van der Waals surface area contributed by atoms with E-state index in [1.807, 2.05) is 57.6 Å². The number of hydrogen-bond acceptors (Lipinski definition) is 3. The summed E-state index contributed by atoms with van der Waals surface area (Å²) < 4.78 is 4.01. The quantitative estimate of drug-likeness (QED) is 0.757. The summed E-state index contributed by atoms with van der Waals surface area (Å²) in [7, 11) is 0. The lowest BCUT2D eigenvalue weighted by atomic mass is 10.1. The van der Waals surface area contributed by atoms with Crippen LogP contribution < -0.4 is 5.32 Å². The minimum Gasteiger partial charge on any atom is -0.335 e. The molecule has 1 saturated heterocycles. The van der Waals surface area contributed by atoms with Gasteiger partial charge in [-0.25, -0.2) is 9.78 Å². The molecule has 4 rings (SSSR count). The maximum Gasteiger partial charge on any atom is 0.318 e. The van der Waals surface area contributed by atoms with Crippen LogP contribution in [0.4, 0.5) is 4.79 Å². The van der Waals surface area contributed by atoms with Gasteiger partial charge in [-0.05, 0) is 25.5 Å². The lowest BCUT2D eigenvalue weighted by Crippen LogP contribution is -2.55. The van der Waals surface area contributed by atoms with Crippen molar-refractivity contribution in [3.63, 3.8) is 0 Å². The van der Waals surface area contributed by atoms with Crippen molar-refractivity contribution in [2.24, 2.45) is 0 Å². The predicted molar refractivity (Wildman–Crippen MR) is 102 cm³/mol. The van der Waals surface area contributed by atoms with Crippen molar-refractivity contribution >= 4 is 6.03 Å². The minimum atomic E-state index is -0.111. The third-order valence-electron chi connectivity index (χ3n) is 4.99. The van der Waals surface area contributed by atoms with E-state index in [9.17, 15) is 4.79 Å². The van der Waals surface area contributed by atoms with Gasteiger partial charge in [-0.15, -0.1) is 0 Å². The summed E-state index contributed by atoms with van der Waals surface area (Å²) >= 11 is 0. The molecule has 0 aliphatic carbocycles. The highest BCUT2D eigenvalue weighted by molar-refractivity contribution is 5.75. The molecular formula is C20H24N6O. The van der Waals surface area contributed by atoms with Crippen molar-refractivity contribution in [3.05, 3.63) is 72.1 Å². The van der Waals surface area contributed by atoms with E-state index in [0.29, 0.717) is 19.6 Å². The molecule has 7 nitrogen and oxygen atoms in total. The first-order valence-electron chi connectivity index (χ1n) is 9.19. The Morgan fingerprint density at radius 3 is 2.67 bits per heavy atom. The van der Waals surface area contributed by atoms with E-state index < -0.39 is 0 Å². The number of imidazole rings is 1. The normalized spacial score (nSPS) is 15.4. The van der Waals surface area contributed by atoms with Gasteiger partial charge in [0.1, 0.15) is 0 Å². The number of carbonyl (C=O) groups is 1. The number of hydrogen-bond donors (Lipinski definition) is 1. The highest BCUT2D eigenvalue weighted by atomic mass is 16.2.